The van der Waals surface area contributed by atoms with Gasteiger partial charge in [0.15, 0.2) is 0 Å². The lowest BCUT2D eigenvalue weighted by molar-refractivity contribution is -0.140. The molecule has 10 heteroatoms. The van der Waals surface area contributed by atoms with Gasteiger partial charge in [-0.2, -0.15) is 0 Å². The molecule has 0 radical (unpaired) electrons. The van der Waals surface area contributed by atoms with Crippen LogP contribution in [0.1, 0.15) is 38.5 Å². The summed E-state index contributed by atoms with van der Waals surface area (Å²) in [6.45, 7) is 0.588. The van der Waals surface area contributed by atoms with Crippen molar-refractivity contribution in [3.05, 3.63) is 36.4 Å². The highest BCUT2D eigenvalue weighted by molar-refractivity contribution is 5.97. The SMILES string of the molecule is CNC(=O)[C@@]12C[C@H]1/C=C\CCCCN(C)C(=O)[C@@H]1C[C@H](OC(=O)Nc3cccc(OC)c3)C[C@H]1C(=O)N2. The average molecular weight is 513 g/mol. The molecule has 1 aliphatic heterocycles. The van der Waals surface area contributed by atoms with E-state index in [1.165, 1.54) is 7.11 Å². The molecule has 0 unspecified atom stereocenters. The fourth-order valence-corrected chi connectivity index (χ4v) is 5.43. The smallest absolute Gasteiger partial charge is 0.411 e. The minimum atomic E-state index is -1.01. The van der Waals surface area contributed by atoms with Crippen molar-refractivity contribution in [3.8, 4) is 5.75 Å². The van der Waals surface area contributed by atoms with Crippen molar-refractivity contribution in [1.82, 2.24) is 15.5 Å². The molecule has 2 saturated carbocycles. The molecular formula is C27H36N4O6. The first-order valence-corrected chi connectivity index (χ1v) is 12.8. The maximum atomic E-state index is 13.5. The number of allylic oxidation sites excluding steroid dienone is 1. The minimum absolute atomic E-state index is 0.0849. The van der Waals surface area contributed by atoms with Gasteiger partial charge in [-0.1, -0.05) is 18.2 Å². The Morgan fingerprint density at radius 1 is 1.16 bits per heavy atom. The molecule has 4 rings (SSSR count). The van der Waals surface area contributed by atoms with Crippen LogP contribution in [0.4, 0.5) is 10.5 Å². The van der Waals surface area contributed by atoms with Gasteiger partial charge in [0.2, 0.25) is 17.7 Å². The van der Waals surface area contributed by atoms with Crippen LogP contribution < -0.4 is 20.7 Å². The summed E-state index contributed by atoms with van der Waals surface area (Å²) in [5, 5.41) is 8.30. The Morgan fingerprint density at radius 3 is 2.70 bits per heavy atom. The first kappa shape index (κ1) is 26.5. The number of benzene rings is 1. The Bertz CT molecular complexity index is 1070. The third kappa shape index (κ3) is 5.89. The molecule has 5 atom stereocenters. The van der Waals surface area contributed by atoms with Crippen molar-refractivity contribution in [2.24, 2.45) is 17.8 Å². The van der Waals surface area contributed by atoms with Gasteiger partial charge >= 0.3 is 6.09 Å². The van der Waals surface area contributed by atoms with Crippen LogP contribution in [0.3, 0.4) is 0 Å². The van der Waals surface area contributed by atoms with E-state index in [0.29, 0.717) is 24.4 Å². The highest BCUT2D eigenvalue weighted by atomic mass is 16.6. The van der Waals surface area contributed by atoms with Crippen molar-refractivity contribution in [2.75, 3.05) is 33.1 Å². The Kier molecular flexibility index (Phi) is 8.04. The number of likely N-dealkylation sites (N-methyl/N-ethyl adjacent to an activating group) is 1. The fraction of sp³-hybridized carbons (Fsp3) is 0.556. The van der Waals surface area contributed by atoms with Crippen molar-refractivity contribution < 1.29 is 28.7 Å². The van der Waals surface area contributed by atoms with Crippen LogP contribution in [0.25, 0.3) is 0 Å². The molecule has 1 heterocycles. The monoisotopic (exact) mass is 512 g/mol. The van der Waals surface area contributed by atoms with E-state index in [0.717, 1.165) is 19.3 Å². The average Bonchev–Trinajstić information content (AvgIpc) is 3.42. The molecule has 1 aromatic rings. The second-order valence-electron chi connectivity index (χ2n) is 10.1. The number of rotatable bonds is 4. The Labute approximate surface area is 217 Å². The van der Waals surface area contributed by atoms with E-state index in [4.69, 9.17) is 9.47 Å². The number of ether oxygens (including phenoxy) is 2. The lowest BCUT2D eigenvalue weighted by atomic mass is 9.93. The Hall–Kier alpha value is -3.56. The van der Waals surface area contributed by atoms with Crippen LogP contribution in [0.5, 0.6) is 5.75 Å². The van der Waals surface area contributed by atoms with Gasteiger partial charge in [-0.15, -0.1) is 0 Å². The van der Waals surface area contributed by atoms with E-state index in [9.17, 15) is 19.2 Å². The number of carbonyl (C=O) groups is 4. The number of amides is 4. The van der Waals surface area contributed by atoms with Gasteiger partial charge < -0.3 is 25.0 Å². The Morgan fingerprint density at radius 2 is 1.95 bits per heavy atom. The zero-order valence-corrected chi connectivity index (χ0v) is 21.6. The number of hydrogen-bond acceptors (Lipinski definition) is 6. The summed E-state index contributed by atoms with van der Waals surface area (Å²) in [5.74, 6) is -1.59. The molecule has 1 aromatic carbocycles. The van der Waals surface area contributed by atoms with E-state index in [1.807, 2.05) is 6.08 Å². The van der Waals surface area contributed by atoms with Gasteiger partial charge in [0.25, 0.3) is 0 Å². The molecule has 3 aliphatic rings. The van der Waals surface area contributed by atoms with Crippen LogP contribution in [0.2, 0.25) is 0 Å². The molecule has 10 nitrogen and oxygen atoms in total. The molecule has 37 heavy (non-hydrogen) atoms. The van der Waals surface area contributed by atoms with Crippen molar-refractivity contribution in [1.29, 1.82) is 0 Å². The van der Waals surface area contributed by atoms with Crippen LogP contribution in [-0.2, 0) is 19.1 Å². The first-order chi connectivity index (χ1) is 17.8. The summed E-state index contributed by atoms with van der Waals surface area (Å²) in [7, 11) is 4.83. The topological polar surface area (TPSA) is 126 Å². The zero-order valence-electron chi connectivity index (χ0n) is 21.6. The number of nitrogens with one attached hydrogen (secondary N) is 3. The number of fused-ring (bicyclic) bond motifs is 2. The predicted octanol–water partition coefficient (Wildman–Crippen LogP) is 2.46. The molecule has 3 N–H and O–H groups in total. The molecule has 2 fully saturated rings. The summed E-state index contributed by atoms with van der Waals surface area (Å²) in [6, 6.07) is 6.88. The Balaban J connectivity index is 1.50. The third-order valence-electron chi connectivity index (χ3n) is 7.62. The van der Waals surface area contributed by atoms with Gasteiger partial charge in [-0.05, 0) is 50.7 Å². The van der Waals surface area contributed by atoms with Gasteiger partial charge in [-0.25, -0.2) is 4.79 Å². The lowest BCUT2D eigenvalue weighted by Gasteiger charge is -2.26. The maximum absolute atomic E-state index is 13.5. The molecule has 0 saturated heterocycles. The quantitative estimate of drug-likeness (QED) is 0.532. The van der Waals surface area contributed by atoms with Crippen LogP contribution in [0, 0.1) is 17.8 Å². The van der Waals surface area contributed by atoms with Crippen LogP contribution in [-0.4, -0.2) is 68.1 Å². The molecule has 200 valence electrons. The summed E-state index contributed by atoms with van der Waals surface area (Å²) < 4.78 is 10.8. The highest BCUT2D eigenvalue weighted by Crippen LogP contribution is 2.46. The molecule has 0 bridgehead atoms. The van der Waals surface area contributed by atoms with Gasteiger partial charge in [0, 0.05) is 38.3 Å². The second-order valence-corrected chi connectivity index (χ2v) is 10.1. The second kappa shape index (κ2) is 11.2. The normalized spacial score (nSPS) is 30.6. The third-order valence-corrected chi connectivity index (χ3v) is 7.62. The largest absolute Gasteiger partial charge is 0.497 e. The van der Waals surface area contributed by atoms with Gasteiger partial charge in [-0.3, -0.25) is 19.7 Å². The van der Waals surface area contributed by atoms with Gasteiger partial charge in [0.1, 0.15) is 17.4 Å². The molecular weight excluding hydrogens is 476 g/mol. The summed E-state index contributed by atoms with van der Waals surface area (Å²) in [6.07, 6.45) is 6.34. The van der Waals surface area contributed by atoms with Crippen molar-refractivity contribution in [3.63, 3.8) is 0 Å². The predicted molar refractivity (Wildman–Crippen MR) is 137 cm³/mol. The number of nitrogens with zero attached hydrogens (tertiary/aromatic N) is 1. The zero-order chi connectivity index (χ0) is 26.6. The molecule has 2 aliphatic carbocycles. The number of carbonyl (C=O) groups excluding carboxylic acids is 4. The number of methoxy groups -OCH3 is 1. The molecule has 0 aromatic heterocycles. The van der Waals surface area contributed by atoms with E-state index < -0.39 is 29.6 Å². The van der Waals surface area contributed by atoms with E-state index in [-0.39, 0.29) is 36.5 Å². The number of anilines is 1. The van der Waals surface area contributed by atoms with E-state index in [1.54, 1.807) is 43.3 Å². The first-order valence-electron chi connectivity index (χ1n) is 12.8. The summed E-state index contributed by atoms with van der Waals surface area (Å²) in [4.78, 5) is 53.9. The lowest BCUT2D eigenvalue weighted by Crippen LogP contribution is -2.52. The summed E-state index contributed by atoms with van der Waals surface area (Å²) in [5.41, 5.74) is -0.496. The fourth-order valence-electron chi connectivity index (χ4n) is 5.43. The summed E-state index contributed by atoms with van der Waals surface area (Å²) >= 11 is 0. The van der Waals surface area contributed by atoms with E-state index >= 15 is 0 Å². The maximum Gasteiger partial charge on any atom is 0.411 e. The van der Waals surface area contributed by atoms with Crippen molar-refractivity contribution >= 4 is 29.5 Å². The standard InChI is InChI=1S/C27H36N4O6/c1-28-25(34)27-16-17(27)9-6-4-5-7-12-31(2)24(33)22-15-20(14-21(22)23(32)30-27)37-26(35)29-18-10-8-11-19(13-18)36-3/h6,8-11,13,17,20-22H,4-5,7,12,14-16H2,1-3H3,(H,28,34)(H,29,35)(H,30,32)/b9-6-/t17-,20-,21-,22-,27-/m1/s1. The minimum Gasteiger partial charge on any atom is -0.497 e. The van der Waals surface area contributed by atoms with E-state index in [2.05, 4.69) is 22.0 Å². The molecule has 0 spiro atoms. The van der Waals surface area contributed by atoms with Crippen LogP contribution in [0.15, 0.2) is 36.4 Å². The number of hydrogen-bond donors (Lipinski definition) is 3. The van der Waals surface area contributed by atoms with Crippen LogP contribution >= 0.6 is 0 Å². The van der Waals surface area contributed by atoms with Crippen molar-refractivity contribution in [2.45, 2.75) is 50.2 Å². The highest BCUT2D eigenvalue weighted by Gasteiger charge is 2.60. The van der Waals surface area contributed by atoms with Gasteiger partial charge in [0.05, 0.1) is 18.9 Å². The molecule has 4 amide bonds.